The van der Waals surface area contributed by atoms with Gasteiger partial charge in [0.05, 0.1) is 23.9 Å². The summed E-state index contributed by atoms with van der Waals surface area (Å²) in [6.07, 6.45) is -4.91. The van der Waals surface area contributed by atoms with E-state index in [2.05, 4.69) is 0 Å². The topological polar surface area (TPSA) is 32.7 Å². The average Bonchev–Trinajstić information content (AvgIpc) is 2.27. The molecule has 1 aliphatic rings. The second-order valence-electron chi connectivity index (χ2n) is 4.32. The highest BCUT2D eigenvalue weighted by atomic mass is 19.4. The zero-order chi connectivity index (χ0) is 13.3. The highest BCUT2D eigenvalue weighted by molar-refractivity contribution is 5.61. The van der Waals surface area contributed by atoms with Crippen LogP contribution in [0, 0.1) is 0 Å². The molecule has 1 aromatic carbocycles. The lowest BCUT2D eigenvalue weighted by Crippen LogP contribution is -2.37. The maximum atomic E-state index is 12.6. The van der Waals surface area contributed by atoms with Gasteiger partial charge in [-0.15, -0.1) is 0 Å². The van der Waals surface area contributed by atoms with Crippen LogP contribution in [0.5, 0.6) is 5.75 Å². The van der Waals surface area contributed by atoms with E-state index in [0.717, 1.165) is 12.1 Å². The minimum absolute atomic E-state index is 0.219. The quantitative estimate of drug-likeness (QED) is 0.886. The van der Waals surface area contributed by atoms with Crippen molar-refractivity contribution >= 4 is 5.69 Å². The molecule has 0 amide bonds. The summed E-state index contributed by atoms with van der Waals surface area (Å²) in [5, 5.41) is 9.35. The van der Waals surface area contributed by atoms with E-state index in [9.17, 15) is 18.3 Å². The molecule has 1 aromatic rings. The fourth-order valence-electron chi connectivity index (χ4n) is 1.96. The summed E-state index contributed by atoms with van der Waals surface area (Å²) in [6.45, 7) is 2.89. The molecule has 1 N–H and O–H groups in total. The van der Waals surface area contributed by atoms with E-state index in [1.165, 1.54) is 6.07 Å². The van der Waals surface area contributed by atoms with Gasteiger partial charge in [-0.25, -0.2) is 0 Å². The van der Waals surface area contributed by atoms with E-state index in [4.69, 9.17) is 4.74 Å². The lowest BCUT2D eigenvalue weighted by atomic mass is 10.1. The van der Waals surface area contributed by atoms with E-state index in [0.29, 0.717) is 25.4 Å². The number of nitrogens with zero attached hydrogens (tertiary/aromatic N) is 1. The fourth-order valence-corrected chi connectivity index (χ4v) is 1.96. The molecule has 0 radical (unpaired) electrons. The van der Waals surface area contributed by atoms with E-state index in [1.807, 2.05) is 4.90 Å². The first-order chi connectivity index (χ1) is 8.38. The SMILES string of the molecule is CC(O)CN1CCOc2cc(C(F)(F)F)ccc21. The van der Waals surface area contributed by atoms with Gasteiger partial charge in [-0.3, -0.25) is 0 Å². The van der Waals surface area contributed by atoms with Crippen LogP contribution in [0.15, 0.2) is 18.2 Å². The van der Waals surface area contributed by atoms with Crippen molar-refractivity contribution < 1.29 is 23.0 Å². The van der Waals surface area contributed by atoms with Gasteiger partial charge >= 0.3 is 6.18 Å². The van der Waals surface area contributed by atoms with Crippen LogP contribution in [0.1, 0.15) is 12.5 Å². The lowest BCUT2D eigenvalue weighted by Gasteiger charge is -2.32. The number of alkyl halides is 3. The number of hydrogen-bond donors (Lipinski definition) is 1. The lowest BCUT2D eigenvalue weighted by molar-refractivity contribution is -0.137. The van der Waals surface area contributed by atoms with Crippen molar-refractivity contribution in [3.05, 3.63) is 23.8 Å². The van der Waals surface area contributed by atoms with Crippen LogP contribution in [0.3, 0.4) is 0 Å². The average molecular weight is 261 g/mol. The molecule has 0 spiro atoms. The molecule has 0 fully saturated rings. The van der Waals surface area contributed by atoms with Crippen molar-refractivity contribution in [3.63, 3.8) is 0 Å². The first-order valence-corrected chi connectivity index (χ1v) is 5.65. The van der Waals surface area contributed by atoms with Gasteiger partial charge in [0.2, 0.25) is 0 Å². The maximum Gasteiger partial charge on any atom is 0.416 e. The molecule has 1 heterocycles. The van der Waals surface area contributed by atoms with Crippen LogP contribution >= 0.6 is 0 Å². The third-order valence-electron chi connectivity index (χ3n) is 2.73. The molecular weight excluding hydrogens is 247 g/mol. The maximum absolute atomic E-state index is 12.6. The van der Waals surface area contributed by atoms with Gasteiger partial charge in [0.1, 0.15) is 12.4 Å². The van der Waals surface area contributed by atoms with Gasteiger partial charge in [-0.05, 0) is 25.1 Å². The van der Waals surface area contributed by atoms with E-state index in [-0.39, 0.29) is 5.75 Å². The molecule has 6 heteroatoms. The number of aliphatic hydroxyl groups is 1. The zero-order valence-corrected chi connectivity index (χ0v) is 9.87. The van der Waals surface area contributed by atoms with Crippen LogP contribution in [0.25, 0.3) is 0 Å². The van der Waals surface area contributed by atoms with Crippen molar-refractivity contribution in [1.29, 1.82) is 0 Å². The molecule has 1 unspecified atom stereocenters. The molecule has 0 aromatic heterocycles. The molecule has 0 saturated heterocycles. The number of benzene rings is 1. The van der Waals surface area contributed by atoms with Crippen molar-refractivity contribution in [2.75, 3.05) is 24.6 Å². The van der Waals surface area contributed by atoms with Gasteiger partial charge in [0.15, 0.2) is 0 Å². The monoisotopic (exact) mass is 261 g/mol. The number of halogens is 3. The van der Waals surface area contributed by atoms with Gasteiger partial charge < -0.3 is 14.7 Å². The normalized spacial score (nSPS) is 17.1. The Kier molecular flexibility index (Phi) is 3.38. The Morgan fingerprint density at radius 1 is 1.44 bits per heavy atom. The van der Waals surface area contributed by atoms with Crippen molar-refractivity contribution in [1.82, 2.24) is 0 Å². The predicted molar refractivity (Wildman–Crippen MR) is 60.8 cm³/mol. The number of aliphatic hydroxyl groups excluding tert-OH is 1. The van der Waals surface area contributed by atoms with Gasteiger partial charge in [0.25, 0.3) is 0 Å². The third-order valence-corrected chi connectivity index (χ3v) is 2.73. The first-order valence-electron chi connectivity index (χ1n) is 5.65. The summed E-state index contributed by atoms with van der Waals surface area (Å²) in [4.78, 5) is 1.82. The third kappa shape index (κ3) is 2.69. The molecule has 1 atom stereocenters. The van der Waals surface area contributed by atoms with Crippen LogP contribution in [-0.2, 0) is 6.18 Å². The Balaban J connectivity index is 2.31. The molecule has 1 aliphatic heterocycles. The number of ether oxygens (including phenoxy) is 1. The predicted octanol–water partition coefficient (Wildman–Crippen LogP) is 2.29. The molecule has 0 saturated carbocycles. The van der Waals surface area contributed by atoms with Crippen LogP contribution in [-0.4, -0.2) is 30.9 Å². The molecule has 0 bridgehead atoms. The smallest absolute Gasteiger partial charge is 0.416 e. The van der Waals surface area contributed by atoms with E-state index >= 15 is 0 Å². The number of anilines is 1. The number of β-amino-alcohol motifs (C(OH)–C–C–N with tert-alkyl or cyclic N) is 1. The minimum Gasteiger partial charge on any atom is -0.490 e. The van der Waals surface area contributed by atoms with Crippen LogP contribution in [0.2, 0.25) is 0 Å². The summed E-state index contributed by atoms with van der Waals surface area (Å²) in [5.41, 5.74) is -0.129. The number of hydrogen-bond acceptors (Lipinski definition) is 3. The summed E-state index contributed by atoms with van der Waals surface area (Å²) in [7, 11) is 0. The minimum atomic E-state index is -4.37. The van der Waals surface area contributed by atoms with Crippen LogP contribution < -0.4 is 9.64 Å². The van der Waals surface area contributed by atoms with Crippen LogP contribution in [0.4, 0.5) is 18.9 Å². The van der Waals surface area contributed by atoms with Gasteiger partial charge in [0, 0.05) is 6.54 Å². The van der Waals surface area contributed by atoms with Gasteiger partial charge in [-0.2, -0.15) is 13.2 Å². The first kappa shape index (κ1) is 13.0. The second-order valence-corrected chi connectivity index (χ2v) is 4.32. The Morgan fingerprint density at radius 2 is 2.17 bits per heavy atom. The van der Waals surface area contributed by atoms with E-state index in [1.54, 1.807) is 6.92 Å². The molecule has 2 rings (SSSR count). The molecular formula is C12H14F3NO2. The largest absolute Gasteiger partial charge is 0.490 e. The molecule has 18 heavy (non-hydrogen) atoms. The van der Waals surface area contributed by atoms with Crippen molar-refractivity contribution in [2.24, 2.45) is 0 Å². The highest BCUT2D eigenvalue weighted by Crippen LogP contribution is 2.38. The van der Waals surface area contributed by atoms with E-state index < -0.39 is 17.8 Å². The zero-order valence-electron chi connectivity index (χ0n) is 9.87. The second kappa shape index (κ2) is 4.68. The number of fused-ring (bicyclic) bond motifs is 1. The Hall–Kier alpha value is -1.43. The summed E-state index contributed by atoms with van der Waals surface area (Å²) in [5.74, 6) is 0.219. The van der Waals surface area contributed by atoms with Crippen molar-refractivity contribution in [3.8, 4) is 5.75 Å². The van der Waals surface area contributed by atoms with Crippen molar-refractivity contribution in [2.45, 2.75) is 19.2 Å². The standard InChI is InChI=1S/C12H14F3NO2/c1-8(17)7-16-4-5-18-11-6-9(12(13,14)15)2-3-10(11)16/h2-3,6,8,17H,4-5,7H2,1H3. The highest BCUT2D eigenvalue weighted by Gasteiger charge is 2.32. The Bertz CT molecular complexity index is 432. The number of rotatable bonds is 2. The summed E-state index contributed by atoms with van der Waals surface area (Å²) >= 11 is 0. The summed E-state index contributed by atoms with van der Waals surface area (Å²) < 4.78 is 42.9. The Morgan fingerprint density at radius 3 is 2.78 bits per heavy atom. The summed E-state index contributed by atoms with van der Waals surface area (Å²) in [6, 6.07) is 3.42. The Labute approximate surface area is 103 Å². The van der Waals surface area contributed by atoms with Gasteiger partial charge in [-0.1, -0.05) is 0 Å². The molecule has 0 aliphatic carbocycles. The molecule has 3 nitrogen and oxygen atoms in total. The fraction of sp³-hybridized carbons (Fsp3) is 0.500. The molecule has 100 valence electrons.